The standard InChI is InChI=1S/C28H36N2O3/c1-3-4-5-6-7-8-17-9-11-18(12-10-17)19-13-14-20-23(25(19)29)27(31)21-15-16-22(33-2)26(30)24(21)28(20)32/h13-18H,3-12,29-30H2,1-2H3. The molecule has 5 nitrogen and oxygen atoms in total. The zero-order valence-corrected chi connectivity index (χ0v) is 19.9. The van der Waals surface area contributed by atoms with Crippen LogP contribution in [-0.4, -0.2) is 18.7 Å². The van der Waals surface area contributed by atoms with Gasteiger partial charge in [-0.1, -0.05) is 51.5 Å². The van der Waals surface area contributed by atoms with Gasteiger partial charge in [0, 0.05) is 16.8 Å². The smallest absolute Gasteiger partial charge is 0.196 e. The first kappa shape index (κ1) is 23.3. The lowest BCUT2D eigenvalue weighted by atomic mass is 9.74. The van der Waals surface area contributed by atoms with Crippen LogP contribution in [0, 0.1) is 5.92 Å². The summed E-state index contributed by atoms with van der Waals surface area (Å²) in [7, 11) is 1.49. The van der Waals surface area contributed by atoms with Gasteiger partial charge in [-0.3, -0.25) is 9.59 Å². The van der Waals surface area contributed by atoms with E-state index in [4.69, 9.17) is 16.2 Å². The van der Waals surface area contributed by atoms with E-state index in [1.165, 1.54) is 58.5 Å². The molecule has 176 valence electrons. The number of hydrogen-bond acceptors (Lipinski definition) is 5. The van der Waals surface area contributed by atoms with E-state index >= 15 is 0 Å². The number of hydrogen-bond donors (Lipinski definition) is 2. The van der Waals surface area contributed by atoms with Crippen LogP contribution in [0.1, 0.15) is 114 Å². The Morgan fingerprint density at radius 3 is 2.06 bits per heavy atom. The third-order valence-corrected chi connectivity index (χ3v) is 7.65. The largest absolute Gasteiger partial charge is 0.495 e. The highest BCUT2D eigenvalue weighted by Crippen LogP contribution is 2.43. The molecule has 0 saturated heterocycles. The van der Waals surface area contributed by atoms with E-state index in [0.29, 0.717) is 34.0 Å². The third-order valence-electron chi connectivity index (χ3n) is 7.65. The molecule has 0 amide bonds. The van der Waals surface area contributed by atoms with E-state index in [2.05, 4.69) is 6.92 Å². The molecule has 2 aliphatic rings. The molecule has 0 spiro atoms. The third kappa shape index (κ3) is 4.38. The molecule has 2 aromatic carbocycles. The van der Waals surface area contributed by atoms with Crippen molar-refractivity contribution in [1.29, 1.82) is 0 Å². The minimum atomic E-state index is -0.263. The predicted octanol–water partition coefficient (Wildman–Crippen LogP) is 6.27. The zero-order chi connectivity index (χ0) is 23.5. The van der Waals surface area contributed by atoms with E-state index in [0.717, 1.165) is 24.3 Å². The number of fused-ring (bicyclic) bond motifs is 2. The number of ketones is 2. The molecule has 0 radical (unpaired) electrons. The number of unbranched alkanes of at least 4 members (excludes halogenated alkanes) is 4. The van der Waals surface area contributed by atoms with Crippen molar-refractivity contribution in [3.05, 3.63) is 52.1 Å². The Morgan fingerprint density at radius 2 is 1.42 bits per heavy atom. The Kier molecular flexibility index (Phi) is 7.06. The van der Waals surface area contributed by atoms with Gasteiger partial charge in [0.25, 0.3) is 0 Å². The molecule has 1 saturated carbocycles. The summed E-state index contributed by atoms with van der Waals surface area (Å²) in [5, 5.41) is 0. The van der Waals surface area contributed by atoms with Gasteiger partial charge >= 0.3 is 0 Å². The molecular weight excluding hydrogens is 412 g/mol. The second-order valence-electron chi connectivity index (χ2n) is 9.67. The van der Waals surface area contributed by atoms with Crippen LogP contribution in [0.5, 0.6) is 5.75 Å². The van der Waals surface area contributed by atoms with E-state index < -0.39 is 0 Å². The van der Waals surface area contributed by atoms with Crippen molar-refractivity contribution in [3.8, 4) is 5.75 Å². The number of anilines is 2. The zero-order valence-electron chi connectivity index (χ0n) is 19.9. The molecule has 0 atom stereocenters. The van der Waals surface area contributed by atoms with Crippen molar-refractivity contribution in [2.75, 3.05) is 18.6 Å². The minimum Gasteiger partial charge on any atom is -0.495 e. The average Bonchev–Trinajstić information content (AvgIpc) is 2.82. The fourth-order valence-electron chi connectivity index (χ4n) is 5.71. The summed E-state index contributed by atoms with van der Waals surface area (Å²) in [5.41, 5.74) is 15.6. The Bertz CT molecular complexity index is 1050. The fraction of sp³-hybridized carbons (Fsp3) is 0.500. The summed E-state index contributed by atoms with van der Waals surface area (Å²) < 4.78 is 5.24. The van der Waals surface area contributed by atoms with Crippen LogP contribution in [0.3, 0.4) is 0 Å². The molecule has 0 aromatic heterocycles. The molecule has 0 aliphatic heterocycles. The number of nitrogen functional groups attached to an aromatic ring is 2. The van der Waals surface area contributed by atoms with Gasteiger partial charge in [-0.15, -0.1) is 0 Å². The summed E-state index contributed by atoms with van der Waals surface area (Å²) in [4.78, 5) is 26.6. The number of benzene rings is 2. The van der Waals surface area contributed by atoms with E-state index in [1.54, 1.807) is 18.2 Å². The first-order chi connectivity index (χ1) is 16.0. The average molecular weight is 449 g/mol. The topological polar surface area (TPSA) is 95.4 Å². The van der Waals surface area contributed by atoms with Crippen LogP contribution in [0.25, 0.3) is 0 Å². The number of ether oxygens (including phenoxy) is 1. The van der Waals surface area contributed by atoms with E-state index in [1.807, 2.05) is 6.07 Å². The van der Waals surface area contributed by atoms with Crippen LogP contribution in [0.2, 0.25) is 0 Å². The van der Waals surface area contributed by atoms with Crippen LogP contribution in [-0.2, 0) is 0 Å². The van der Waals surface area contributed by atoms with E-state index in [9.17, 15) is 9.59 Å². The lowest BCUT2D eigenvalue weighted by molar-refractivity contribution is 0.0980. The first-order valence-electron chi connectivity index (χ1n) is 12.5. The maximum absolute atomic E-state index is 13.4. The maximum atomic E-state index is 13.4. The Labute approximate surface area is 196 Å². The number of rotatable bonds is 8. The first-order valence-corrected chi connectivity index (χ1v) is 12.5. The molecule has 0 bridgehead atoms. The quantitative estimate of drug-likeness (QED) is 0.313. The molecule has 4 N–H and O–H groups in total. The van der Waals surface area contributed by atoms with Crippen molar-refractivity contribution in [1.82, 2.24) is 0 Å². The van der Waals surface area contributed by atoms with Gasteiger partial charge in [-0.2, -0.15) is 0 Å². The van der Waals surface area contributed by atoms with Crippen molar-refractivity contribution in [2.24, 2.45) is 5.92 Å². The monoisotopic (exact) mass is 448 g/mol. The SMILES string of the molecule is CCCCCCCC1CCC(c2ccc3c(c2N)C(=O)c2ccc(OC)c(N)c2C3=O)CC1. The maximum Gasteiger partial charge on any atom is 0.196 e. The molecule has 0 unspecified atom stereocenters. The summed E-state index contributed by atoms with van der Waals surface area (Å²) in [6, 6.07) is 6.97. The van der Waals surface area contributed by atoms with Crippen LogP contribution >= 0.6 is 0 Å². The lowest BCUT2D eigenvalue weighted by Crippen LogP contribution is -2.25. The van der Waals surface area contributed by atoms with Crippen molar-refractivity contribution >= 4 is 22.9 Å². The number of carbonyl (C=O) groups is 2. The summed E-state index contributed by atoms with van der Waals surface area (Å²) in [6.07, 6.45) is 12.6. The lowest BCUT2D eigenvalue weighted by Gasteiger charge is -2.31. The number of methoxy groups -OCH3 is 1. The van der Waals surface area contributed by atoms with Gasteiger partial charge in [-0.25, -0.2) is 0 Å². The Balaban J connectivity index is 1.51. The number of nitrogens with two attached hydrogens (primary N) is 2. The minimum absolute atomic E-state index is 0.203. The molecule has 4 rings (SSSR count). The highest BCUT2D eigenvalue weighted by atomic mass is 16.5. The Morgan fingerprint density at radius 1 is 0.818 bits per heavy atom. The highest BCUT2D eigenvalue weighted by molar-refractivity contribution is 6.32. The van der Waals surface area contributed by atoms with Gasteiger partial charge in [-0.05, 0) is 61.3 Å². The molecule has 0 heterocycles. The summed E-state index contributed by atoms with van der Waals surface area (Å²) in [5.74, 6) is 1.05. The highest BCUT2D eigenvalue weighted by Gasteiger charge is 2.36. The molecule has 5 heteroatoms. The predicted molar refractivity (Wildman–Crippen MR) is 133 cm³/mol. The molecule has 2 aromatic rings. The summed E-state index contributed by atoms with van der Waals surface area (Å²) >= 11 is 0. The number of carbonyl (C=O) groups excluding carboxylic acids is 2. The van der Waals surface area contributed by atoms with Gasteiger partial charge < -0.3 is 16.2 Å². The second kappa shape index (κ2) is 9.98. The summed E-state index contributed by atoms with van der Waals surface area (Å²) in [6.45, 7) is 2.25. The molecular formula is C28H36N2O3. The normalized spacial score (nSPS) is 19.8. The van der Waals surface area contributed by atoms with Crippen LogP contribution in [0.15, 0.2) is 24.3 Å². The van der Waals surface area contributed by atoms with E-state index in [-0.39, 0.29) is 22.8 Å². The van der Waals surface area contributed by atoms with Crippen LogP contribution in [0.4, 0.5) is 11.4 Å². The van der Waals surface area contributed by atoms with Crippen molar-refractivity contribution in [2.45, 2.75) is 77.0 Å². The van der Waals surface area contributed by atoms with Crippen molar-refractivity contribution in [3.63, 3.8) is 0 Å². The van der Waals surface area contributed by atoms with Gasteiger partial charge in [0.15, 0.2) is 11.6 Å². The second-order valence-corrected chi connectivity index (χ2v) is 9.67. The van der Waals surface area contributed by atoms with Gasteiger partial charge in [0.05, 0.1) is 23.9 Å². The molecule has 33 heavy (non-hydrogen) atoms. The van der Waals surface area contributed by atoms with Gasteiger partial charge in [0.1, 0.15) is 5.75 Å². The Hall–Kier alpha value is -2.82. The molecule has 1 fully saturated rings. The van der Waals surface area contributed by atoms with Crippen molar-refractivity contribution < 1.29 is 14.3 Å². The van der Waals surface area contributed by atoms with Gasteiger partial charge in [0.2, 0.25) is 0 Å². The molecule has 2 aliphatic carbocycles. The fourth-order valence-corrected chi connectivity index (χ4v) is 5.71. The van der Waals surface area contributed by atoms with Crippen LogP contribution < -0.4 is 16.2 Å².